The Morgan fingerprint density at radius 2 is 2.00 bits per heavy atom. The Bertz CT molecular complexity index is 1170. The van der Waals surface area contributed by atoms with Crippen LogP contribution >= 0.6 is 0 Å². The summed E-state index contributed by atoms with van der Waals surface area (Å²) in [6, 6.07) is 20.0. The fourth-order valence-electron chi connectivity index (χ4n) is 3.92. The number of rotatable bonds is 5. The van der Waals surface area contributed by atoms with Crippen molar-refractivity contribution in [1.82, 2.24) is 15.3 Å². The summed E-state index contributed by atoms with van der Waals surface area (Å²) < 4.78 is 6.19. The lowest BCUT2D eigenvalue weighted by Gasteiger charge is -2.13. The van der Waals surface area contributed by atoms with Gasteiger partial charge in [0.25, 0.3) is 0 Å². The van der Waals surface area contributed by atoms with Gasteiger partial charge in [-0.15, -0.1) is 0 Å². The lowest BCUT2D eigenvalue weighted by molar-refractivity contribution is -0.120. The van der Waals surface area contributed by atoms with Crippen LogP contribution in [0.25, 0.3) is 22.2 Å². The van der Waals surface area contributed by atoms with Crippen LogP contribution in [0.1, 0.15) is 11.1 Å². The second kappa shape index (κ2) is 7.43. The number of ether oxygens (including phenoxy) is 1. The van der Waals surface area contributed by atoms with Crippen LogP contribution in [-0.2, 0) is 17.6 Å². The minimum absolute atomic E-state index is 0.000686. The fraction of sp³-hybridized carbons (Fsp3) is 0.167. The van der Waals surface area contributed by atoms with Crippen LogP contribution in [0.2, 0.25) is 0 Å². The number of nitrogens with one attached hydrogen (secondary N) is 2. The van der Waals surface area contributed by atoms with Crippen LogP contribution in [0.4, 0.5) is 0 Å². The normalized spacial score (nSPS) is 15.1. The molecule has 5 nitrogen and oxygen atoms in total. The highest BCUT2D eigenvalue weighted by Gasteiger charge is 2.26. The monoisotopic (exact) mass is 383 g/mol. The van der Waals surface area contributed by atoms with Crippen molar-refractivity contribution in [3.05, 3.63) is 84.2 Å². The number of pyridine rings is 1. The molecule has 3 heterocycles. The van der Waals surface area contributed by atoms with Crippen molar-refractivity contribution in [2.45, 2.75) is 18.9 Å². The maximum atomic E-state index is 12.5. The fourth-order valence-corrected chi connectivity index (χ4v) is 3.92. The maximum absolute atomic E-state index is 12.5. The minimum atomic E-state index is -0.0678. The molecule has 0 spiro atoms. The summed E-state index contributed by atoms with van der Waals surface area (Å²) in [6.07, 6.45) is 4.76. The average molecular weight is 383 g/mol. The van der Waals surface area contributed by atoms with Crippen LogP contribution in [0.3, 0.4) is 0 Å². The number of carbonyl (C=O) groups is 1. The standard InChI is InChI=1S/C24H21N3O2/c28-23(13-17-14-26-21-9-2-1-7-19(17)21)27-15-18-12-16-6-5-8-20(24(16)29-18)22-10-3-4-11-25-22/h1-11,14,18,26H,12-13,15H2,(H,27,28). The molecular weight excluding hydrogens is 362 g/mol. The van der Waals surface area contributed by atoms with Crippen LogP contribution in [0.5, 0.6) is 5.75 Å². The van der Waals surface area contributed by atoms with E-state index in [-0.39, 0.29) is 12.0 Å². The van der Waals surface area contributed by atoms with Crippen LogP contribution in [0, 0.1) is 0 Å². The van der Waals surface area contributed by atoms with Crippen molar-refractivity contribution in [2.75, 3.05) is 6.54 Å². The van der Waals surface area contributed by atoms with E-state index in [2.05, 4.69) is 21.4 Å². The van der Waals surface area contributed by atoms with Gasteiger partial charge in [-0.3, -0.25) is 9.78 Å². The number of fused-ring (bicyclic) bond motifs is 2. The molecule has 0 saturated heterocycles. The van der Waals surface area contributed by atoms with Crippen molar-refractivity contribution >= 4 is 16.8 Å². The van der Waals surface area contributed by atoms with E-state index in [1.165, 1.54) is 0 Å². The molecule has 5 rings (SSSR count). The number of hydrogen-bond acceptors (Lipinski definition) is 3. The van der Waals surface area contributed by atoms with Crippen molar-refractivity contribution < 1.29 is 9.53 Å². The van der Waals surface area contributed by atoms with Gasteiger partial charge in [0.1, 0.15) is 11.9 Å². The molecular formula is C24H21N3O2. The van der Waals surface area contributed by atoms with Crippen LogP contribution < -0.4 is 10.1 Å². The number of benzene rings is 2. The van der Waals surface area contributed by atoms with E-state index in [1.807, 2.05) is 60.8 Å². The Hall–Kier alpha value is -3.60. The quantitative estimate of drug-likeness (QED) is 0.549. The zero-order valence-electron chi connectivity index (χ0n) is 15.9. The Morgan fingerprint density at radius 1 is 1.10 bits per heavy atom. The third-order valence-corrected chi connectivity index (χ3v) is 5.32. The number of para-hydroxylation sites is 2. The summed E-state index contributed by atoms with van der Waals surface area (Å²) in [4.78, 5) is 20.1. The van der Waals surface area contributed by atoms with E-state index in [1.54, 1.807) is 6.20 Å². The van der Waals surface area contributed by atoms with Gasteiger partial charge in [-0.2, -0.15) is 0 Å². The summed E-state index contributed by atoms with van der Waals surface area (Å²) in [5, 5.41) is 4.12. The summed E-state index contributed by atoms with van der Waals surface area (Å²) in [7, 11) is 0. The second-order valence-corrected chi connectivity index (χ2v) is 7.29. The number of H-pyrrole nitrogens is 1. The Labute approximate surface area is 168 Å². The largest absolute Gasteiger partial charge is 0.487 e. The van der Waals surface area contributed by atoms with Gasteiger partial charge in [-0.25, -0.2) is 0 Å². The van der Waals surface area contributed by atoms with Gasteiger partial charge in [0.2, 0.25) is 5.91 Å². The third kappa shape index (κ3) is 3.47. The predicted octanol–water partition coefficient (Wildman–Crippen LogP) is 3.89. The third-order valence-electron chi connectivity index (χ3n) is 5.32. The molecule has 1 amide bonds. The molecule has 0 bridgehead atoms. The number of amides is 1. The highest BCUT2D eigenvalue weighted by Crippen LogP contribution is 2.37. The number of nitrogens with zero attached hydrogens (tertiary/aromatic N) is 1. The lowest BCUT2D eigenvalue weighted by Crippen LogP contribution is -2.35. The molecule has 1 aliphatic rings. The summed E-state index contributed by atoms with van der Waals surface area (Å²) in [5.74, 6) is 0.876. The Kier molecular flexibility index (Phi) is 4.48. The molecule has 1 aliphatic heterocycles. The summed E-state index contributed by atoms with van der Waals surface area (Å²) in [5.41, 5.74) is 5.10. The molecule has 29 heavy (non-hydrogen) atoms. The first kappa shape index (κ1) is 17.5. The highest BCUT2D eigenvalue weighted by molar-refractivity contribution is 5.88. The molecule has 0 aliphatic carbocycles. The lowest BCUT2D eigenvalue weighted by atomic mass is 10.0. The second-order valence-electron chi connectivity index (χ2n) is 7.29. The molecule has 5 heteroatoms. The van der Waals surface area contributed by atoms with Crippen molar-refractivity contribution in [3.8, 4) is 17.0 Å². The SMILES string of the molecule is O=C(Cc1c[nH]c2ccccc12)NCC1Cc2cccc(-c3ccccn3)c2O1. The molecule has 0 radical (unpaired) electrons. The molecule has 2 aromatic carbocycles. The van der Waals surface area contributed by atoms with E-state index < -0.39 is 0 Å². The average Bonchev–Trinajstić information content (AvgIpc) is 3.37. The zero-order valence-corrected chi connectivity index (χ0v) is 15.9. The van der Waals surface area contributed by atoms with Gasteiger partial charge in [0.05, 0.1) is 18.7 Å². The molecule has 2 aromatic heterocycles. The molecule has 1 unspecified atom stereocenters. The molecule has 4 aromatic rings. The number of aromatic amines is 1. The van der Waals surface area contributed by atoms with Gasteiger partial charge in [0.15, 0.2) is 0 Å². The molecule has 0 fully saturated rings. The minimum Gasteiger partial charge on any atom is -0.487 e. The molecule has 1 atom stereocenters. The van der Waals surface area contributed by atoms with E-state index in [0.29, 0.717) is 13.0 Å². The van der Waals surface area contributed by atoms with E-state index >= 15 is 0 Å². The van der Waals surface area contributed by atoms with Gasteiger partial charge in [-0.1, -0.05) is 36.4 Å². The maximum Gasteiger partial charge on any atom is 0.224 e. The zero-order chi connectivity index (χ0) is 19.6. The smallest absolute Gasteiger partial charge is 0.224 e. The van der Waals surface area contributed by atoms with Gasteiger partial charge in [-0.05, 0) is 35.4 Å². The molecule has 0 saturated carbocycles. The van der Waals surface area contributed by atoms with Gasteiger partial charge >= 0.3 is 0 Å². The van der Waals surface area contributed by atoms with Crippen molar-refractivity contribution in [1.29, 1.82) is 0 Å². The molecule has 2 N–H and O–H groups in total. The summed E-state index contributed by atoms with van der Waals surface area (Å²) in [6.45, 7) is 0.484. The van der Waals surface area contributed by atoms with E-state index in [0.717, 1.165) is 45.5 Å². The van der Waals surface area contributed by atoms with Crippen LogP contribution in [0.15, 0.2) is 73.1 Å². The number of hydrogen-bond donors (Lipinski definition) is 2. The molecule has 144 valence electrons. The van der Waals surface area contributed by atoms with Gasteiger partial charge in [0, 0.05) is 35.3 Å². The van der Waals surface area contributed by atoms with E-state index in [4.69, 9.17) is 4.74 Å². The first-order valence-electron chi connectivity index (χ1n) is 9.79. The van der Waals surface area contributed by atoms with Gasteiger partial charge < -0.3 is 15.0 Å². The van der Waals surface area contributed by atoms with Crippen LogP contribution in [-0.4, -0.2) is 28.5 Å². The van der Waals surface area contributed by atoms with Crippen molar-refractivity contribution in [3.63, 3.8) is 0 Å². The number of aromatic nitrogens is 2. The van der Waals surface area contributed by atoms with Crippen molar-refractivity contribution in [2.24, 2.45) is 0 Å². The predicted molar refractivity (Wildman–Crippen MR) is 113 cm³/mol. The summed E-state index contributed by atoms with van der Waals surface area (Å²) >= 11 is 0. The van der Waals surface area contributed by atoms with E-state index in [9.17, 15) is 4.79 Å². The Morgan fingerprint density at radius 3 is 2.90 bits per heavy atom. The highest BCUT2D eigenvalue weighted by atomic mass is 16.5. The number of carbonyl (C=O) groups excluding carboxylic acids is 1. The first-order valence-corrected chi connectivity index (χ1v) is 9.79. The Balaban J connectivity index is 1.24. The first-order chi connectivity index (χ1) is 14.3. The topological polar surface area (TPSA) is 67.0 Å².